The lowest BCUT2D eigenvalue weighted by molar-refractivity contribution is -0.142. The lowest BCUT2D eigenvalue weighted by Gasteiger charge is -2.05. The third-order valence-electron chi connectivity index (χ3n) is 0.691. The quantitative estimate of drug-likeness (QED) is 0.440. The number of hydrogen-bond acceptors (Lipinski definition) is 2. The minimum atomic E-state index is -0.315. The number of carbonyl (C=O) groups is 1. The highest BCUT2D eigenvalue weighted by molar-refractivity contribution is 5.87. The van der Waals surface area contributed by atoms with Gasteiger partial charge in [-0.3, -0.25) is 4.70 Å². The van der Waals surface area contributed by atoms with E-state index in [4.69, 9.17) is 4.74 Å². The molecule has 60 valence electrons. The van der Waals surface area contributed by atoms with Crippen molar-refractivity contribution in [2.24, 2.45) is 0 Å². The maximum Gasteiger partial charge on any atom is 0.333 e. The van der Waals surface area contributed by atoms with Crippen LogP contribution in [0.15, 0.2) is 12.2 Å². The van der Waals surface area contributed by atoms with Gasteiger partial charge in [0.2, 0.25) is 0 Å². The van der Waals surface area contributed by atoms with Gasteiger partial charge in [-0.05, 0) is 20.8 Å². The number of carbonyl (C=O) groups excluding carboxylic acids is 1. The van der Waals surface area contributed by atoms with E-state index in [1.54, 1.807) is 20.8 Å². The average molecular weight is 148 g/mol. The van der Waals surface area contributed by atoms with Crippen molar-refractivity contribution >= 4 is 5.97 Å². The van der Waals surface area contributed by atoms with Gasteiger partial charge in [0.15, 0.2) is 0 Å². The van der Waals surface area contributed by atoms with Crippen molar-refractivity contribution in [2.45, 2.75) is 26.9 Å². The van der Waals surface area contributed by atoms with Gasteiger partial charge in [-0.25, -0.2) is 4.79 Å². The molecule has 0 spiro atoms. The predicted octanol–water partition coefficient (Wildman–Crippen LogP) is 1.67. The molecule has 0 aliphatic carbocycles. The zero-order chi connectivity index (χ0) is 7.44. The van der Waals surface area contributed by atoms with Gasteiger partial charge in [-0.1, -0.05) is 6.58 Å². The predicted molar refractivity (Wildman–Crippen MR) is 38.5 cm³/mol. The Morgan fingerprint density at radius 1 is 1.50 bits per heavy atom. The van der Waals surface area contributed by atoms with Crippen molar-refractivity contribution in [2.75, 3.05) is 0 Å². The van der Waals surface area contributed by atoms with E-state index in [0.717, 1.165) is 0 Å². The highest BCUT2D eigenvalue weighted by Crippen LogP contribution is 1.95. The van der Waals surface area contributed by atoms with Crippen LogP contribution in [0.25, 0.3) is 0 Å². The summed E-state index contributed by atoms with van der Waals surface area (Å²) >= 11 is 0. The fourth-order valence-electron chi connectivity index (χ4n) is 0.315. The molecule has 0 amide bonds. The third kappa shape index (κ3) is 5.28. The van der Waals surface area contributed by atoms with Crippen molar-refractivity contribution in [3.63, 3.8) is 0 Å². The van der Waals surface area contributed by atoms with Crippen molar-refractivity contribution in [3.8, 4) is 0 Å². The molecule has 0 atom stereocenters. The molecule has 0 bridgehead atoms. The maximum absolute atomic E-state index is 10.6. The van der Waals surface area contributed by atoms with Crippen LogP contribution in [0.2, 0.25) is 0 Å². The van der Waals surface area contributed by atoms with Crippen LogP contribution in [0.3, 0.4) is 0 Å². The molecule has 0 saturated heterocycles. The van der Waals surface area contributed by atoms with Crippen LogP contribution in [0.5, 0.6) is 0 Å². The molecule has 2 nitrogen and oxygen atoms in total. The summed E-state index contributed by atoms with van der Waals surface area (Å²) < 4.78 is 4.77. The molecule has 10 heavy (non-hydrogen) atoms. The van der Waals surface area contributed by atoms with Gasteiger partial charge in [0.1, 0.15) is 0 Å². The molecule has 0 saturated carbocycles. The van der Waals surface area contributed by atoms with Crippen molar-refractivity contribution in [3.05, 3.63) is 12.2 Å². The molecule has 0 aromatic heterocycles. The minimum Gasteiger partial charge on any atom is -0.460 e. The second-order valence-corrected chi connectivity index (χ2v) is 2.23. The molecule has 0 rings (SSSR count). The Morgan fingerprint density at radius 2 is 1.90 bits per heavy atom. The van der Waals surface area contributed by atoms with Crippen molar-refractivity contribution < 1.29 is 14.2 Å². The van der Waals surface area contributed by atoms with E-state index in [1.165, 1.54) is 0 Å². The number of esters is 1. The van der Waals surface area contributed by atoms with Crippen molar-refractivity contribution in [1.29, 1.82) is 0 Å². The second kappa shape index (κ2) is 4.97. The third-order valence-corrected chi connectivity index (χ3v) is 0.691. The Morgan fingerprint density at radius 3 is 2.00 bits per heavy atom. The zero-order valence-electron chi connectivity index (χ0n) is 6.51. The molecule has 3 heteroatoms. The number of halogens is 1. The molecule has 0 heterocycles. The highest BCUT2D eigenvalue weighted by Gasteiger charge is 2.03. The lowest BCUT2D eigenvalue weighted by Crippen LogP contribution is -2.11. The van der Waals surface area contributed by atoms with Crippen LogP contribution in [0.4, 0.5) is 4.70 Å². The molecular weight excluding hydrogens is 135 g/mol. The standard InChI is InChI=1S/C7H12O2.FH/c1-5(2)7(8)9-6(3)4;/h6H,1H2,2-4H3;1H. The Kier molecular flexibility index (Phi) is 5.90. The molecule has 0 fully saturated rings. The van der Waals surface area contributed by atoms with Gasteiger partial charge >= 0.3 is 5.97 Å². The zero-order valence-corrected chi connectivity index (χ0v) is 6.51. The topological polar surface area (TPSA) is 26.3 Å². The Balaban J connectivity index is 0. The van der Waals surface area contributed by atoms with E-state index in [0.29, 0.717) is 5.57 Å². The molecule has 0 N–H and O–H groups in total. The first-order valence-electron chi connectivity index (χ1n) is 2.90. The van der Waals surface area contributed by atoms with Crippen LogP contribution in [0, 0.1) is 0 Å². The molecule has 0 unspecified atom stereocenters. The van der Waals surface area contributed by atoms with Crippen LogP contribution in [-0.4, -0.2) is 12.1 Å². The van der Waals surface area contributed by atoms with Gasteiger partial charge < -0.3 is 4.74 Å². The second-order valence-electron chi connectivity index (χ2n) is 2.23. The summed E-state index contributed by atoms with van der Waals surface area (Å²) in [6.07, 6.45) is -0.0470. The van der Waals surface area contributed by atoms with E-state index in [1.807, 2.05) is 0 Å². The molecule has 0 aromatic carbocycles. The Bertz CT molecular complexity index is 130. The van der Waals surface area contributed by atoms with Crippen LogP contribution in [0.1, 0.15) is 20.8 Å². The monoisotopic (exact) mass is 148 g/mol. The fraction of sp³-hybridized carbons (Fsp3) is 0.571. The minimum absolute atomic E-state index is 0. The van der Waals surface area contributed by atoms with Crippen LogP contribution >= 0.6 is 0 Å². The molecule has 0 aromatic rings. The number of ether oxygens (including phenoxy) is 1. The average Bonchev–Trinajstić information content (AvgIpc) is 1.63. The first-order chi connectivity index (χ1) is 4.04. The number of rotatable bonds is 2. The van der Waals surface area contributed by atoms with E-state index in [9.17, 15) is 4.79 Å². The van der Waals surface area contributed by atoms with Gasteiger partial charge in [0.05, 0.1) is 6.10 Å². The van der Waals surface area contributed by atoms with Crippen LogP contribution in [-0.2, 0) is 9.53 Å². The summed E-state index contributed by atoms with van der Waals surface area (Å²) in [5.74, 6) is -0.315. The van der Waals surface area contributed by atoms with Gasteiger partial charge in [-0.15, -0.1) is 0 Å². The smallest absolute Gasteiger partial charge is 0.333 e. The van der Waals surface area contributed by atoms with Crippen molar-refractivity contribution in [1.82, 2.24) is 0 Å². The van der Waals surface area contributed by atoms with Crippen LogP contribution < -0.4 is 0 Å². The molecule has 0 aliphatic rings. The van der Waals surface area contributed by atoms with E-state index < -0.39 is 0 Å². The SMILES string of the molecule is C=C(C)C(=O)OC(C)C.F. The first-order valence-corrected chi connectivity index (χ1v) is 2.90. The number of hydrogen-bond donors (Lipinski definition) is 0. The van der Waals surface area contributed by atoms with Gasteiger partial charge in [0.25, 0.3) is 0 Å². The highest BCUT2D eigenvalue weighted by atomic mass is 19.0. The molecule has 0 radical (unpaired) electrons. The normalized spacial score (nSPS) is 8.40. The summed E-state index contributed by atoms with van der Waals surface area (Å²) in [5, 5.41) is 0. The lowest BCUT2D eigenvalue weighted by atomic mass is 10.3. The Hall–Kier alpha value is -0.860. The Labute approximate surface area is 60.2 Å². The summed E-state index contributed by atoms with van der Waals surface area (Å²) in [7, 11) is 0. The van der Waals surface area contributed by atoms with E-state index >= 15 is 0 Å². The van der Waals surface area contributed by atoms with E-state index in [2.05, 4.69) is 6.58 Å². The summed E-state index contributed by atoms with van der Waals surface area (Å²) in [5.41, 5.74) is 0.448. The first kappa shape index (κ1) is 11.9. The summed E-state index contributed by atoms with van der Waals surface area (Å²) in [6, 6.07) is 0. The fourth-order valence-corrected chi connectivity index (χ4v) is 0.315. The van der Waals surface area contributed by atoms with Gasteiger partial charge in [0, 0.05) is 5.57 Å². The molecular formula is C7H13FO2. The molecule has 0 aliphatic heterocycles. The largest absolute Gasteiger partial charge is 0.460 e. The maximum atomic E-state index is 10.6. The van der Waals surface area contributed by atoms with Gasteiger partial charge in [-0.2, -0.15) is 0 Å². The summed E-state index contributed by atoms with van der Waals surface area (Å²) in [4.78, 5) is 10.6. The summed E-state index contributed by atoms with van der Waals surface area (Å²) in [6.45, 7) is 8.68. The van der Waals surface area contributed by atoms with E-state index in [-0.39, 0.29) is 16.8 Å².